The average Bonchev–Trinajstić information content (AvgIpc) is 3.79. The Morgan fingerprint density at radius 2 is 0.825 bits per heavy atom. The first-order valence-electron chi connectivity index (χ1n) is 19.6. The van der Waals surface area contributed by atoms with Crippen molar-refractivity contribution in [2.24, 2.45) is 0 Å². The second kappa shape index (κ2) is 13.3. The number of rotatable bonds is 7. The van der Waals surface area contributed by atoms with Gasteiger partial charge in [0.1, 0.15) is 0 Å². The lowest BCUT2D eigenvalue weighted by Crippen LogP contribution is -2.74. The van der Waals surface area contributed by atoms with Crippen LogP contribution in [0.3, 0.4) is 0 Å². The lowest BCUT2D eigenvalue weighted by Gasteiger charge is -2.36. The highest BCUT2D eigenvalue weighted by atomic mass is 28.3. The summed E-state index contributed by atoms with van der Waals surface area (Å²) in [4.78, 5) is 10.0. The summed E-state index contributed by atoms with van der Waals surface area (Å²) in [5.74, 6) is 0. The molecule has 3 heterocycles. The zero-order valence-corrected chi connectivity index (χ0v) is 32.2. The van der Waals surface area contributed by atoms with E-state index in [-0.39, 0.29) is 0 Å². The molecule has 0 amide bonds. The number of aromatic nitrogens is 3. The van der Waals surface area contributed by atoms with E-state index in [2.05, 4.69) is 217 Å². The Morgan fingerprint density at radius 3 is 1.39 bits per heavy atom. The van der Waals surface area contributed by atoms with E-state index in [0.29, 0.717) is 0 Å². The smallest absolute Gasteiger partial charge is 0.179 e. The van der Waals surface area contributed by atoms with Gasteiger partial charge in [-0.2, -0.15) is 0 Å². The topological polar surface area (TPSA) is 30.7 Å². The molecular formula is C53H37N3Si. The molecule has 1 aliphatic carbocycles. The van der Waals surface area contributed by atoms with Crippen molar-refractivity contribution in [3.05, 3.63) is 247 Å². The molecule has 1 aliphatic rings. The molecule has 0 N–H and O–H groups in total. The zero-order valence-electron chi connectivity index (χ0n) is 31.2. The Balaban J connectivity index is 1.20. The molecule has 11 rings (SSSR count). The predicted molar refractivity (Wildman–Crippen MR) is 237 cm³/mol. The highest BCUT2D eigenvalue weighted by molar-refractivity contribution is 7.19. The Bertz CT molecular complexity index is 2910. The minimum atomic E-state index is -2.73. The van der Waals surface area contributed by atoms with Crippen molar-refractivity contribution >= 4 is 50.6 Å². The van der Waals surface area contributed by atoms with E-state index in [0.717, 1.165) is 28.2 Å². The summed E-state index contributed by atoms with van der Waals surface area (Å²) in [6.45, 7) is 0. The number of hydrogen-bond donors (Lipinski definition) is 0. The van der Waals surface area contributed by atoms with Crippen LogP contribution in [0.4, 0.5) is 0 Å². The summed E-state index contributed by atoms with van der Waals surface area (Å²) in [6, 6.07) is 78.2. The molecule has 0 atom stereocenters. The fourth-order valence-electron chi connectivity index (χ4n) is 9.82. The van der Waals surface area contributed by atoms with E-state index in [1.54, 1.807) is 0 Å². The quantitative estimate of drug-likeness (QED) is 0.120. The molecule has 3 aromatic heterocycles. The van der Waals surface area contributed by atoms with Gasteiger partial charge in [0.25, 0.3) is 0 Å². The van der Waals surface area contributed by atoms with Gasteiger partial charge in [0.05, 0.1) is 27.8 Å². The molecule has 3 nitrogen and oxygen atoms in total. The summed E-state index contributed by atoms with van der Waals surface area (Å²) >= 11 is 0. The van der Waals surface area contributed by atoms with Crippen LogP contribution in [0, 0.1) is 0 Å². The monoisotopic (exact) mass is 743 g/mol. The Labute approximate surface area is 333 Å². The molecule has 0 bridgehead atoms. The third kappa shape index (κ3) is 4.84. The number of para-hydroxylation sites is 2. The van der Waals surface area contributed by atoms with E-state index >= 15 is 0 Å². The van der Waals surface area contributed by atoms with Gasteiger partial charge >= 0.3 is 0 Å². The lowest BCUT2D eigenvalue weighted by molar-refractivity contribution is 0.766. The highest BCUT2D eigenvalue weighted by Crippen LogP contribution is 2.55. The molecule has 7 aromatic carbocycles. The average molecular weight is 744 g/mol. The van der Waals surface area contributed by atoms with Gasteiger partial charge in [-0.25, -0.2) is 0 Å². The van der Waals surface area contributed by atoms with Crippen LogP contribution in [0.15, 0.2) is 225 Å². The van der Waals surface area contributed by atoms with Crippen LogP contribution in [0.2, 0.25) is 0 Å². The zero-order chi connectivity index (χ0) is 37.8. The molecule has 0 aliphatic heterocycles. The minimum absolute atomic E-state index is 0.660. The van der Waals surface area contributed by atoms with Crippen LogP contribution >= 0.6 is 0 Å². The van der Waals surface area contributed by atoms with E-state index in [1.807, 2.05) is 12.4 Å². The maximum atomic E-state index is 5.02. The molecule has 0 fully saturated rings. The van der Waals surface area contributed by atoms with Gasteiger partial charge in [-0.15, -0.1) is 0 Å². The maximum absolute atomic E-state index is 5.02. The van der Waals surface area contributed by atoms with Crippen LogP contribution < -0.4 is 20.7 Å². The summed E-state index contributed by atoms with van der Waals surface area (Å²) < 4.78 is 2.39. The van der Waals surface area contributed by atoms with E-state index in [1.165, 1.54) is 53.7 Å². The fourth-order valence-corrected chi connectivity index (χ4v) is 14.6. The summed E-state index contributed by atoms with van der Waals surface area (Å²) in [6.07, 6.45) is 3.79. The first-order chi connectivity index (χ1) is 28.3. The first kappa shape index (κ1) is 33.2. The second-order valence-electron chi connectivity index (χ2n) is 14.9. The minimum Gasteiger partial charge on any atom is -0.309 e. The number of benzene rings is 7. The largest absolute Gasteiger partial charge is 0.309 e. The summed E-state index contributed by atoms with van der Waals surface area (Å²) in [5.41, 5.74) is 9.40. The summed E-state index contributed by atoms with van der Waals surface area (Å²) in [7, 11) is -2.73. The van der Waals surface area contributed by atoms with Crippen LogP contribution in [-0.4, -0.2) is 22.6 Å². The van der Waals surface area contributed by atoms with Crippen molar-refractivity contribution in [3.63, 3.8) is 0 Å². The van der Waals surface area contributed by atoms with Crippen LogP contribution in [0.1, 0.15) is 22.3 Å². The molecule has 57 heavy (non-hydrogen) atoms. The van der Waals surface area contributed by atoms with Crippen molar-refractivity contribution in [2.45, 2.75) is 5.41 Å². The van der Waals surface area contributed by atoms with E-state index in [4.69, 9.17) is 9.97 Å². The molecule has 0 saturated heterocycles. The fraction of sp³-hybridized carbons (Fsp3) is 0.0189. The van der Waals surface area contributed by atoms with Gasteiger partial charge in [-0.1, -0.05) is 170 Å². The number of pyridine rings is 2. The Morgan fingerprint density at radius 1 is 0.368 bits per heavy atom. The number of nitrogens with zero attached hydrogens (tertiary/aromatic N) is 3. The van der Waals surface area contributed by atoms with Gasteiger partial charge in [0.15, 0.2) is 8.07 Å². The van der Waals surface area contributed by atoms with Crippen molar-refractivity contribution in [3.8, 4) is 17.1 Å². The van der Waals surface area contributed by atoms with Crippen LogP contribution in [0.5, 0.6) is 0 Å². The Hall–Kier alpha value is -7.14. The van der Waals surface area contributed by atoms with Crippen LogP contribution in [0.25, 0.3) is 38.9 Å². The first-order valence-corrected chi connectivity index (χ1v) is 21.6. The standard InChI is InChI=1S/C53H37N3Si/c1-5-17-40(18-6-1)56-49-28-14-13-25-45(49)46-37-39(31-34-50(46)56)53(47-26-15-35-54-51(47)52-48(53)27-16-36-55-52)38-29-32-44(33-30-38)57(41-19-7-2-8-20-41,42-21-9-3-10-22-42)43-23-11-4-12-24-43/h1-37H. The number of hydrogen-bond acceptors (Lipinski definition) is 2. The van der Waals surface area contributed by atoms with Gasteiger partial charge < -0.3 is 4.57 Å². The van der Waals surface area contributed by atoms with Gasteiger partial charge in [0, 0.05) is 28.9 Å². The van der Waals surface area contributed by atoms with Crippen LogP contribution in [-0.2, 0) is 5.41 Å². The summed E-state index contributed by atoms with van der Waals surface area (Å²) in [5, 5.41) is 7.85. The van der Waals surface area contributed by atoms with Crippen molar-refractivity contribution in [1.82, 2.24) is 14.5 Å². The molecule has 0 saturated carbocycles. The molecule has 4 heteroatoms. The van der Waals surface area contributed by atoms with Gasteiger partial charge in [0.2, 0.25) is 0 Å². The predicted octanol–water partition coefficient (Wildman–Crippen LogP) is 9.31. The molecule has 0 unspecified atom stereocenters. The Kier molecular flexibility index (Phi) is 7.73. The van der Waals surface area contributed by atoms with Crippen molar-refractivity contribution in [2.75, 3.05) is 0 Å². The van der Waals surface area contributed by atoms with Crippen molar-refractivity contribution < 1.29 is 0 Å². The highest BCUT2D eigenvalue weighted by Gasteiger charge is 2.48. The van der Waals surface area contributed by atoms with Gasteiger partial charge in [-0.05, 0) is 85.5 Å². The lowest BCUT2D eigenvalue weighted by atomic mass is 9.68. The van der Waals surface area contributed by atoms with E-state index < -0.39 is 13.5 Å². The van der Waals surface area contributed by atoms with Crippen molar-refractivity contribution in [1.29, 1.82) is 0 Å². The van der Waals surface area contributed by atoms with E-state index in [9.17, 15) is 0 Å². The maximum Gasteiger partial charge on any atom is 0.179 e. The second-order valence-corrected chi connectivity index (χ2v) is 18.7. The van der Waals surface area contributed by atoms with Gasteiger partial charge in [-0.3, -0.25) is 9.97 Å². The molecule has 10 aromatic rings. The third-order valence-corrected chi connectivity index (χ3v) is 16.9. The number of fused-ring (bicyclic) bond motifs is 6. The molecule has 268 valence electrons. The molecular weight excluding hydrogens is 707 g/mol. The SMILES string of the molecule is c1ccc(-n2c3ccccc3c3cc(C4(c5ccc([Si](c6ccccc6)(c6ccccc6)c6ccccc6)cc5)c5cccnc5-c5ncccc54)ccc32)cc1. The third-order valence-electron chi connectivity index (χ3n) is 12.1. The normalized spacial score (nSPS) is 13.1. The molecule has 0 radical (unpaired) electrons. The molecule has 0 spiro atoms.